The van der Waals surface area contributed by atoms with Crippen LogP contribution >= 0.6 is 0 Å². The van der Waals surface area contributed by atoms with Gasteiger partial charge in [-0.25, -0.2) is 0 Å². The van der Waals surface area contributed by atoms with E-state index < -0.39 is 24.3 Å². The Morgan fingerprint density at radius 1 is 0.518 bits per heavy atom. The predicted molar refractivity (Wildman–Crippen MR) is 228 cm³/mol. The van der Waals surface area contributed by atoms with Crippen molar-refractivity contribution in [2.75, 3.05) is 47.5 Å². The lowest BCUT2D eigenvalue weighted by Gasteiger charge is -2.26. The molecule has 0 bridgehead atoms. The highest BCUT2D eigenvalue weighted by atomic mass is 16.7. The molecule has 9 nitrogen and oxygen atoms in total. The van der Waals surface area contributed by atoms with Crippen LogP contribution in [-0.4, -0.2) is 82.3 Å². The van der Waals surface area contributed by atoms with Gasteiger partial charge in [0.1, 0.15) is 13.2 Å². The van der Waals surface area contributed by atoms with Gasteiger partial charge in [0.15, 0.2) is 12.4 Å². The predicted octanol–water partition coefficient (Wildman–Crippen LogP) is 10.9. The lowest BCUT2D eigenvalue weighted by Crippen LogP contribution is -2.44. The highest BCUT2D eigenvalue weighted by molar-refractivity contribution is 5.70. The summed E-state index contributed by atoms with van der Waals surface area (Å²) in [7, 11) is 5.91. The third kappa shape index (κ3) is 40.2. The molecule has 0 aromatic rings. The minimum Gasteiger partial charge on any atom is -0.545 e. The fraction of sp³-hybridized carbons (Fsp3) is 0.894. The van der Waals surface area contributed by atoms with Crippen LogP contribution in [0.25, 0.3) is 0 Å². The summed E-state index contributed by atoms with van der Waals surface area (Å²) in [5.41, 5.74) is 0. The topological polar surface area (TPSA) is 111 Å². The molecule has 0 N–H and O–H groups in total. The van der Waals surface area contributed by atoms with Gasteiger partial charge in [0.25, 0.3) is 0 Å². The molecular weight excluding hydrogens is 707 g/mol. The van der Waals surface area contributed by atoms with E-state index in [2.05, 4.69) is 26.0 Å². The number of carbonyl (C=O) groups is 3. The number of esters is 2. The molecule has 9 heteroatoms. The molecule has 0 radical (unpaired) electrons. The maximum atomic E-state index is 12.8. The van der Waals surface area contributed by atoms with Crippen molar-refractivity contribution in [3.63, 3.8) is 0 Å². The molecule has 2 atom stereocenters. The molecule has 0 amide bonds. The molecule has 0 fully saturated rings. The Labute approximate surface area is 345 Å². The molecular formula is C47H89NO8. The number of hydrogen-bond donors (Lipinski definition) is 0. The van der Waals surface area contributed by atoms with Crippen molar-refractivity contribution in [1.29, 1.82) is 0 Å². The third-order valence-corrected chi connectivity index (χ3v) is 10.3. The van der Waals surface area contributed by atoms with E-state index >= 15 is 0 Å². The van der Waals surface area contributed by atoms with Gasteiger partial charge in [-0.1, -0.05) is 174 Å². The molecule has 0 heterocycles. The van der Waals surface area contributed by atoms with Crippen LogP contribution in [0.2, 0.25) is 0 Å². The standard InChI is InChI=1S/C47H89NO8/c1-6-8-10-12-14-16-18-20-21-22-23-24-25-26-28-30-32-34-36-38-45(50)56-43(42-55-47(46(51)52)53-40-39-48(3,4)5)41-54-44(49)37-35-33-31-29-27-19-17-15-13-11-9-7-2/h20-21,43,47H,6-19,22-42H2,1-5H3/b21-20-. The average molecular weight is 796 g/mol. The number of aliphatic carboxylic acids is 1. The Morgan fingerprint density at radius 3 is 1.32 bits per heavy atom. The zero-order chi connectivity index (χ0) is 41.4. The first-order valence-electron chi connectivity index (χ1n) is 23.3. The van der Waals surface area contributed by atoms with Gasteiger partial charge < -0.3 is 33.3 Å². The summed E-state index contributed by atoms with van der Waals surface area (Å²) in [6.07, 6.45) is 38.1. The molecule has 0 aromatic heterocycles. The van der Waals surface area contributed by atoms with E-state index in [-0.39, 0.29) is 32.2 Å². The van der Waals surface area contributed by atoms with Crippen LogP contribution in [0.4, 0.5) is 0 Å². The number of unbranched alkanes of at least 4 members (excludes halogenated alkanes) is 26. The maximum Gasteiger partial charge on any atom is 0.306 e. The minimum atomic E-state index is -1.61. The van der Waals surface area contributed by atoms with Gasteiger partial charge in [-0.05, 0) is 38.5 Å². The Kier molecular flexibility index (Phi) is 38.4. The molecule has 0 aliphatic carbocycles. The van der Waals surface area contributed by atoms with Gasteiger partial charge >= 0.3 is 11.9 Å². The fourth-order valence-corrected chi connectivity index (χ4v) is 6.59. The molecule has 0 saturated heterocycles. The molecule has 2 unspecified atom stereocenters. The van der Waals surface area contributed by atoms with Crippen molar-refractivity contribution < 1.29 is 42.9 Å². The van der Waals surface area contributed by atoms with Gasteiger partial charge in [0.2, 0.25) is 0 Å². The summed E-state index contributed by atoms with van der Waals surface area (Å²) >= 11 is 0. The van der Waals surface area contributed by atoms with Gasteiger partial charge in [0.05, 0.1) is 40.3 Å². The Bertz CT molecular complexity index is 934. The molecule has 0 spiro atoms. The maximum absolute atomic E-state index is 12.8. The Morgan fingerprint density at radius 2 is 0.911 bits per heavy atom. The molecule has 0 saturated carbocycles. The van der Waals surface area contributed by atoms with E-state index in [4.69, 9.17) is 18.9 Å². The van der Waals surface area contributed by atoms with Crippen molar-refractivity contribution in [2.24, 2.45) is 0 Å². The Balaban J connectivity index is 4.36. The average Bonchev–Trinajstić information content (AvgIpc) is 3.15. The number of carboxylic acids is 1. The second kappa shape index (κ2) is 39.8. The summed E-state index contributed by atoms with van der Waals surface area (Å²) in [5, 5.41) is 11.7. The van der Waals surface area contributed by atoms with Crippen LogP contribution in [0.5, 0.6) is 0 Å². The summed E-state index contributed by atoms with van der Waals surface area (Å²) in [5.74, 6) is -2.27. The van der Waals surface area contributed by atoms with Crippen molar-refractivity contribution >= 4 is 17.9 Å². The molecule has 0 rings (SSSR count). The normalized spacial score (nSPS) is 12.9. The van der Waals surface area contributed by atoms with Crippen LogP contribution in [0.3, 0.4) is 0 Å². The number of rotatable bonds is 43. The number of carbonyl (C=O) groups excluding carboxylic acids is 3. The quantitative estimate of drug-likeness (QED) is 0.0197. The SMILES string of the molecule is CCCCCCCC/C=C\CCCCCCCCCCCC(=O)OC(COC(=O)CCCCCCCCCCCCCC)COC(OCC[N+](C)(C)C)C(=O)[O-]. The zero-order valence-corrected chi connectivity index (χ0v) is 37.3. The van der Waals surface area contributed by atoms with Crippen LogP contribution in [0, 0.1) is 0 Å². The second-order valence-corrected chi connectivity index (χ2v) is 17.1. The molecule has 0 aliphatic heterocycles. The first-order valence-corrected chi connectivity index (χ1v) is 23.3. The first kappa shape index (κ1) is 54.0. The number of nitrogens with zero attached hydrogens (tertiary/aromatic N) is 1. The summed E-state index contributed by atoms with van der Waals surface area (Å²) in [6, 6.07) is 0. The zero-order valence-electron chi connectivity index (χ0n) is 37.3. The number of quaternary nitrogens is 1. The van der Waals surface area contributed by atoms with E-state index in [1.165, 1.54) is 141 Å². The molecule has 0 aliphatic rings. The van der Waals surface area contributed by atoms with E-state index in [0.717, 1.165) is 38.5 Å². The van der Waals surface area contributed by atoms with Gasteiger partial charge in [-0.2, -0.15) is 0 Å². The fourth-order valence-electron chi connectivity index (χ4n) is 6.59. The number of hydrogen-bond acceptors (Lipinski definition) is 8. The highest BCUT2D eigenvalue weighted by Gasteiger charge is 2.21. The van der Waals surface area contributed by atoms with Crippen LogP contribution < -0.4 is 5.11 Å². The van der Waals surface area contributed by atoms with Crippen molar-refractivity contribution in [1.82, 2.24) is 0 Å². The largest absolute Gasteiger partial charge is 0.545 e. The lowest BCUT2D eigenvalue weighted by molar-refractivity contribution is -0.870. The summed E-state index contributed by atoms with van der Waals surface area (Å²) in [6.45, 7) is 4.75. The van der Waals surface area contributed by atoms with Crippen LogP contribution in [0.1, 0.15) is 213 Å². The number of ether oxygens (including phenoxy) is 4. The number of allylic oxidation sites excluding steroid dienone is 2. The van der Waals surface area contributed by atoms with E-state index in [9.17, 15) is 19.5 Å². The monoisotopic (exact) mass is 796 g/mol. The van der Waals surface area contributed by atoms with Crippen molar-refractivity contribution in [2.45, 2.75) is 225 Å². The lowest BCUT2D eigenvalue weighted by atomic mass is 10.0. The van der Waals surface area contributed by atoms with Crippen molar-refractivity contribution in [3.8, 4) is 0 Å². The van der Waals surface area contributed by atoms with Crippen LogP contribution in [-0.2, 0) is 33.3 Å². The number of likely N-dealkylation sites (N-methyl/N-ethyl adjacent to an activating group) is 1. The molecule has 330 valence electrons. The van der Waals surface area contributed by atoms with E-state index in [1.54, 1.807) is 0 Å². The molecule has 56 heavy (non-hydrogen) atoms. The molecule has 0 aromatic carbocycles. The van der Waals surface area contributed by atoms with E-state index in [0.29, 0.717) is 23.9 Å². The van der Waals surface area contributed by atoms with Crippen molar-refractivity contribution in [3.05, 3.63) is 12.2 Å². The minimum absolute atomic E-state index is 0.150. The number of carboxylic acid groups (broad SMARTS) is 1. The highest BCUT2D eigenvalue weighted by Crippen LogP contribution is 2.15. The van der Waals surface area contributed by atoms with Gasteiger partial charge in [-0.3, -0.25) is 9.59 Å². The van der Waals surface area contributed by atoms with E-state index in [1.807, 2.05) is 21.1 Å². The second-order valence-electron chi connectivity index (χ2n) is 17.1. The third-order valence-electron chi connectivity index (χ3n) is 10.3. The first-order chi connectivity index (χ1) is 27.1. The Hall–Kier alpha value is -1.97. The van der Waals surface area contributed by atoms with Crippen LogP contribution in [0.15, 0.2) is 12.2 Å². The smallest absolute Gasteiger partial charge is 0.306 e. The summed E-state index contributed by atoms with van der Waals surface area (Å²) < 4.78 is 22.6. The van der Waals surface area contributed by atoms with Gasteiger partial charge in [0, 0.05) is 12.8 Å². The summed E-state index contributed by atoms with van der Waals surface area (Å²) in [4.78, 5) is 37.0. The van der Waals surface area contributed by atoms with Gasteiger partial charge in [-0.15, -0.1) is 0 Å².